The number of fused-ring (bicyclic) bond motifs is 2. The van der Waals surface area contributed by atoms with Crippen LogP contribution in [-0.2, 0) is 37.1 Å². The lowest BCUT2D eigenvalue weighted by atomic mass is 10.0. The fourth-order valence-electron chi connectivity index (χ4n) is 6.54. The number of nitrogens with two attached hydrogens (primary N) is 1. The SMILES string of the molecule is CC(C)(ON=C(C(=O)N[C@@H]1C(=O)N2C(C(=O)[O-])=C(C[n+]3ccc4c(cnn4Cc4ccc(C(=N)NC5CCCNC5)cc4)c3)CS[C@H]12)c1csc(N)n1)C(=O)O. The quantitative estimate of drug-likeness (QED) is 0.0336. The van der Waals surface area contributed by atoms with Gasteiger partial charge in [0.1, 0.15) is 22.9 Å². The molecule has 7 rings (SSSR count). The Bertz CT molecular complexity index is 2280. The fraction of sp³-hybridized carbons (Fsp3) is 0.361. The number of aliphatic carboxylic acids is 2. The summed E-state index contributed by atoms with van der Waals surface area (Å²) in [7, 11) is 0. The van der Waals surface area contributed by atoms with Crippen molar-refractivity contribution >= 4 is 74.4 Å². The molecule has 56 heavy (non-hydrogen) atoms. The molecular weight excluding hydrogens is 763 g/mol. The van der Waals surface area contributed by atoms with Crippen LogP contribution in [0.4, 0.5) is 5.13 Å². The average Bonchev–Trinajstić information content (AvgIpc) is 3.79. The van der Waals surface area contributed by atoms with Crippen LogP contribution in [0.15, 0.2) is 70.7 Å². The number of thiazole rings is 1. The maximum Gasteiger partial charge on any atom is 0.350 e. The highest BCUT2D eigenvalue weighted by Crippen LogP contribution is 2.40. The summed E-state index contributed by atoms with van der Waals surface area (Å²) in [5.74, 6) is -3.77. The third-order valence-corrected chi connectivity index (χ3v) is 11.6. The maximum atomic E-state index is 13.4. The average molecular weight is 802 g/mol. The highest BCUT2D eigenvalue weighted by atomic mass is 32.2. The minimum absolute atomic E-state index is 0.00958. The number of carboxylic acid groups (broad SMARTS) is 2. The van der Waals surface area contributed by atoms with Crippen LogP contribution in [0.5, 0.6) is 0 Å². The van der Waals surface area contributed by atoms with Crippen LogP contribution in [-0.4, -0.2) is 102 Å². The zero-order chi connectivity index (χ0) is 39.7. The van der Waals surface area contributed by atoms with E-state index in [1.165, 1.54) is 31.0 Å². The number of rotatable bonds is 13. The Morgan fingerprint density at radius 2 is 2.02 bits per heavy atom. The van der Waals surface area contributed by atoms with Gasteiger partial charge < -0.3 is 41.5 Å². The standard InChI is InChI=1S/C36H39N11O7S2/c1-36(2,34(52)53)54-44-26(24-18-56-35(38)42-24)30(48)43-27-31(49)47-28(33(50)51)22(17-55-32(27)47)16-45-11-9-25-21(15-45)12-40-46(25)14-19-5-7-20(8-6-19)29(37)41-23-4-3-10-39-13-23/h5-9,11-12,15,18,23,27,32,39H,3-4,10,13-14,16-17H2,1-2H3,(H6-,37,38,41,42,43,48,50,51,52,53)/t23?,27-,32-/m1/s1. The van der Waals surface area contributed by atoms with Crippen LogP contribution in [0.25, 0.3) is 10.9 Å². The molecule has 6 heterocycles. The van der Waals surface area contributed by atoms with E-state index in [0.29, 0.717) is 18.0 Å². The van der Waals surface area contributed by atoms with Gasteiger partial charge >= 0.3 is 5.97 Å². The molecule has 0 saturated carbocycles. The van der Waals surface area contributed by atoms with Crippen molar-refractivity contribution in [1.82, 2.24) is 35.6 Å². The van der Waals surface area contributed by atoms with Gasteiger partial charge in [0.2, 0.25) is 5.60 Å². The number of anilines is 1. The van der Waals surface area contributed by atoms with Crippen LogP contribution < -0.4 is 31.4 Å². The van der Waals surface area contributed by atoms with E-state index in [0.717, 1.165) is 64.2 Å². The third-order valence-electron chi connectivity index (χ3n) is 9.62. The van der Waals surface area contributed by atoms with Crippen molar-refractivity contribution < 1.29 is 38.8 Å². The number of nitrogens with one attached hydrogen (secondary N) is 4. The number of aromatic nitrogens is 4. The molecule has 1 unspecified atom stereocenters. The van der Waals surface area contributed by atoms with Gasteiger partial charge in [0, 0.05) is 40.9 Å². The van der Waals surface area contributed by atoms with Crippen LogP contribution in [0.2, 0.25) is 0 Å². The molecule has 3 aliphatic heterocycles. The molecule has 4 aromatic rings. The number of pyridine rings is 1. The largest absolute Gasteiger partial charge is 0.543 e. The first-order valence-electron chi connectivity index (χ1n) is 17.7. The van der Waals surface area contributed by atoms with E-state index in [9.17, 15) is 29.4 Å². The van der Waals surface area contributed by atoms with Gasteiger partial charge in [-0.2, -0.15) is 5.10 Å². The van der Waals surface area contributed by atoms with Crippen molar-refractivity contribution in [3.05, 3.63) is 82.4 Å². The van der Waals surface area contributed by atoms with E-state index in [1.807, 2.05) is 52.0 Å². The molecule has 18 nitrogen and oxygen atoms in total. The Hall–Kier alpha value is -5.86. The molecule has 2 fully saturated rings. The van der Waals surface area contributed by atoms with Gasteiger partial charge in [0.25, 0.3) is 11.8 Å². The smallest absolute Gasteiger partial charge is 0.350 e. The van der Waals surface area contributed by atoms with Gasteiger partial charge in [-0.3, -0.25) is 24.6 Å². The van der Waals surface area contributed by atoms with Gasteiger partial charge in [-0.15, -0.1) is 23.1 Å². The van der Waals surface area contributed by atoms with Gasteiger partial charge in [-0.05, 0) is 38.8 Å². The number of oxime groups is 1. The molecule has 1 aromatic carbocycles. The van der Waals surface area contributed by atoms with E-state index in [1.54, 1.807) is 6.20 Å². The summed E-state index contributed by atoms with van der Waals surface area (Å²) in [4.78, 5) is 61.2. The molecule has 7 N–H and O–H groups in total. The van der Waals surface area contributed by atoms with E-state index in [2.05, 4.69) is 31.2 Å². The number of amides is 2. The van der Waals surface area contributed by atoms with Crippen molar-refractivity contribution in [1.29, 1.82) is 5.41 Å². The summed E-state index contributed by atoms with van der Waals surface area (Å²) < 4.78 is 3.68. The molecule has 3 aromatic heterocycles. The summed E-state index contributed by atoms with van der Waals surface area (Å²) in [6.45, 7) is 5.01. The summed E-state index contributed by atoms with van der Waals surface area (Å²) in [6.07, 6.45) is 7.52. The molecule has 292 valence electrons. The topological polar surface area (TPSA) is 257 Å². The number of carbonyl (C=O) groups excluding carboxylic acids is 3. The van der Waals surface area contributed by atoms with Crippen molar-refractivity contribution in [3.8, 4) is 0 Å². The first kappa shape index (κ1) is 38.4. The van der Waals surface area contributed by atoms with Crippen molar-refractivity contribution in [2.45, 2.75) is 62.8 Å². The molecule has 0 bridgehead atoms. The predicted molar refractivity (Wildman–Crippen MR) is 204 cm³/mol. The van der Waals surface area contributed by atoms with E-state index >= 15 is 0 Å². The minimum Gasteiger partial charge on any atom is -0.543 e. The summed E-state index contributed by atoms with van der Waals surface area (Å²) in [5.41, 5.74) is 6.44. The highest BCUT2D eigenvalue weighted by Gasteiger charge is 2.53. The van der Waals surface area contributed by atoms with Crippen LogP contribution in [0.3, 0.4) is 0 Å². The number of carboxylic acids is 2. The molecular formula is C36H39N11O7S2. The van der Waals surface area contributed by atoms with Crippen LogP contribution in [0, 0.1) is 5.41 Å². The number of hydrogen-bond acceptors (Lipinski definition) is 14. The van der Waals surface area contributed by atoms with E-state index in [4.69, 9.17) is 16.0 Å². The monoisotopic (exact) mass is 801 g/mol. The lowest BCUT2D eigenvalue weighted by Gasteiger charge is -2.50. The molecule has 0 aliphatic carbocycles. The molecule has 0 radical (unpaired) electrons. The highest BCUT2D eigenvalue weighted by molar-refractivity contribution is 8.00. The third kappa shape index (κ3) is 7.93. The number of carbonyl (C=O) groups is 4. The Balaban J connectivity index is 1.02. The predicted octanol–water partition coefficient (Wildman–Crippen LogP) is -0.234. The Morgan fingerprint density at radius 3 is 2.70 bits per heavy atom. The van der Waals surface area contributed by atoms with Gasteiger partial charge in [-0.1, -0.05) is 29.4 Å². The van der Waals surface area contributed by atoms with Crippen LogP contribution in [0.1, 0.15) is 43.5 Å². The van der Waals surface area contributed by atoms with Crippen molar-refractivity contribution in [2.24, 2.45) is 5.16 Å². The van der Waals surface area contributed by atoms with Gasteiger partial charge in [0.15, 0.2) is 29.8 Å². The normalized spacial score (nSPS) is 20.0. The van der Waals surface area contributed by atoms with Crippen LogP contribution >= 0.6 is 23.1 Å². The minimum atomic E-state index is -1.78. The number of hydrogen-bond donors (Lipinski definition) is 6. The second-order valence-corrected chi connectivity index (χ2v) is 16.0. The molecule has 2 saturated heterocycles. The molecule has 0 spiro atoms. The maximum absolute atomic E-state index is 13.4. The number of benzene rings is 1. The molecule has 2 amide bonds. The number of amidine groups is 1. The first-order chi connectivity index (χ1) is 26.8. The second kappa shape index (κ2) is 15.7. The fourth-order valence-corrected chi connectivity index (χ4v) is 8.42. The molecule has 3 atom stereocenters. The van der Waals surface area contributed by atoms with Gasteiger partial charge in [-0.25, -0.2) is 14.3 Å². The number of nitrogens with zero attached hydrogens (tertiary/aromatic N) is 6. The number of β-lactam (4-membered cyclic amide) rings is 1. The van der Waals surface area contributed by atoms with E-state index < -0.39 is 46.5 Å². The first-order valence-corrected chi connectivity index (χ1v) is 19.6. The van der Waals surface area contributed by atoms with Gasteiger partial charge in [0.05, 0.1) is 35.3 Å². The Kier molecular flexibility index (Phi) is 10.8. The molecule has 20 heteroatoms. The second-order valence-electron chi connectivity index (χ2n) is 14.0. The Morgan fingerprint density at radius 1 is 1.23 bits per heavy atom. The number of thioether (sulfide) groups is 1. The molecule has 3 aliphatic rings. The Labute approximate surface area is 328 Å². The van der Waals surface area contributed by atoms with E-state index in [-0.39, 0.29) is 34.9 Å². The summed E-state index contributed by atoms with van der Waals surface area (Å²) >= 11 is 2.30. The zero-order valence-corrected chi connectivity index (χ0v) is 32.0. The van der Waals surface area contributed by atoms with Crippen molar-refractivity contribution in [2.75, 3.05) is 24.6 Å². The number of nitrogen functional groups attached to an aromatic ring is 1. The summed E-state index contributed by atoms with van der Waals surface area (Å²) in [5, 5.41) is 49.6. The zero-order valence-electron chi connectivity index (χ0n) is 30.4. The number of piperidine rings is 1. The lowest BCUT2D eigenvalue weighted by Crippen LogP contribution is -2.71. The summed E-state index contributed by atoms with van der Waals surface area (Å²) in [6, 6.07) is 8.85. The van der Waals surface area contributed by atoms with Crippen molar-refractivity contribution in [3.63, 3.8) is 0 Å². The lowest BCUT2D eigenvalue weighted by molar-refractivity contribution is -0.687.